The van der Waals surface area contributed by atoms with Crippen LogP contribution in [0.3, 0.4) is 0 Å². The van der Waals surface area contributed by atoms with Crippen LogP contribution in [0, 0.1) is 10.1 Å². The maximum Gasteiger partial charge on any atom is 0.269 e. The Balaban J connectivity index is 0.00000156. The van der Waals surface area contributed by atoms with Crippen molar-refractivity contribution >= 4 is 17.6 Å². The molecule has 0 saturated carbocycles. The zero-order valence-corrected chi connectivity index (χ0v) is 13.7. The lowest BCUT2D eigenvalue weighted by molar-refractivity contribution is -0.436. The second-order valence-corrected chi connectivity index (χ2v) is 5.25. The molecule has 0 unspecified atom stereocenters. The molecule has 0 saturated heterocycles. The number of fused-ring (bicyclic) bond motifs is 2. The molecule has 2 aliphatic rings. The highest BCUT2D eigenvalue weighted by Crippen LogP contribution is 2.35. The number of ether oxygens (including phenoxy) is 2. The molecule has 0 radical (unpaired) electrons. The van der Waals surface area contributed by atoms with E-state index in [0.29, 0.717) is 0 Å². The first-order valence-electron chi connectivity index (χ1n) is 6.99. The minimum Gasteiger partial charge on any atom is -1.00 e. The molecule has 6 nitrogen and oxygen atoms in total. The summed E-state index contributed by atoms with van der Waals surface area (Å²) in [5, 5.41) is 10.7. The van der Waals surface area contributed by atoms with E-state index < -0.39 is 0 Å². The Kier molecular flexibility index (Phi) is 4.04. The summed E-state index contributed by atoms with van der Waals surface area (Å²) in [5.41, 5.74) is 3.36. The molecule has 0 bridgehead atoms. The van der Waals surface area contributed by atoms with Gasteiger partial charge in [0.15, 0.2) is 24.3 Å². The van der Waals surface area contributed by atoms with Crippen molar-refractivity contribution in [3.8, 4) is 11.5 Å². The maximum atomic E-state index is 10.7. The Bertz CT molecular complexity index is 802. The van der Waals surface area contributed by atoms with Crippen LogP contribution in [0.1, 0.15) is 11.1 Å². The highest BCUT2D eigenvalue weighted by Gasteiger charge is 2.23. The molecular formula is C16H13BrN2O4. The predicted octanol–water partition coefficient (Wildman–Crippen LogP) is -0.353. The Morgan fingerprint density at radius 2 is 1.78 bits per heavy atom. The molecule has 23 heavy (non-hydrogen) atoms. The van der Waals surface area contributed by atoms with Gasteiger partial charge < -0.3 is 26.5 Å². The van der Waals surface area contributed by atoms with Crippen LogP contribution in [-0.4, -0.2) is 29.1 Å². The summed E-state index contributed by atoms with van der Waals surface area (Å²) in [6, 6.07) is 10.6. The van der Waals surface area contributed by atoms with Crippen molar-refractivity contribution in [3.05, 3.63) is 57.6 Å². The highest BCUT2D eigenvalue weighted by atomic mass is 79.9. The van der Waals surface area contributed by atoms with Crippen molar-refractivity contribution in [2.24, 2.45) is 0 Å². The van der Waals surface area contributed by atoms with Crippen LogP contribution in [0.15, 0.2) is 36.4 Å². The monoisotopic (exact) mass is 376 g/mol. The van der Waals surface area contributed by atoms with E-state index in [1.165, 1.54) is 17.7 Å². The molecule has 0 spiro atoms. The van der Waals surface area contributed by atoms with Gasteiger partial charge in [0.25, 0.3) is 5.69 Å². The predicted molar refractivity (Wildman–Crippen MR) is 79.3 cm³/mol. The number of nitro groups is 1. The summed E-state index contributed by atoms with van der Waals surface area (Å²) >= 11 is 0. The van der Waals surface area contributed by atoms with Gasteiger partial charge in [-0.25, -0.2) is 0 Å². The third kappa shape index (κ3) is 2.79. The average Bonchev–Trinajstić information content (AvgIpc) is 2.99. The smallest absolute Gasteiger partial charge is 0.269 e. The zero-order valence-electron chi connectivity index (χ0n) is 12.1. The quantitative estimate of drug-likeness (QED) is 0.408. The third-order valence-electron chi connectivity index (χ3n) is 3.94. The van der Waals surface area contributed by atoms with Crippen molar-refractivity contribution in [3.63, 3.8) is 0 Å². The summed E-state index contributed by atoms with van der Waals surface area (Å²) in [7, 11) is 0. The Hall–Kier alpha value is -2.41. The molecule has 118 valence electrons. The van der Waals surface area contributed by atoms with Gasteiger partial charge in [0.05, 0.1) is 4.92 Å². The fraction of sp³-hybridized carbons (Fsp3) is 0.188. The van der Waals surface area contributed by atoms with Gasteiger partial charge in [0.2, 0.25) is 12.5 Å². The lowest BCUT2D eigenvalue weighted by Gasteiger charge is -2.12. The standard InChI is InChI=1S/C16H13N2O4.BrH/c19-18(20)14-3-1-13(2-4-14)17-6-5-11-7-15-16(22-10-21-15)8-12(11)9-17;/h1-4,7-9H,5-6,10H2;1H/q+1;/p-1. The average molecular weight is 377 g/mol. The van der Waals surface area contributed by atoms with Crippen LogP contribution in [0.4, 0.5) is 11.4 Å². The number of halogens is 1. The number of benzene rings is 2. The van der Waals surface area contributed by atoms with E-state index >= 15 is 0 Å². The fourth-order valence-electron chi connectivity index (χ4n) is 2.78. The Morgan fingerprint density at radius 3 is 2.48 bits per heavy atom. The first-order chi connectivity index (χ1) is 10.7. The molecular weight excluding hydrogens is 364 g/mol. The first kappa shape index (κ1) is 15.5. The number of non-ortho nitro benzene ring substituents is 1. The van der Waals surface area contributed by atoms with E-state index in [1.807, 2.05) is 18.3 Å². The van der Waals surface area contributed by atoms with Gasteiger partial charge in [0.1, 0.15) is 0 Å². The number of nitrogens with zero attached hydrogens (tertiary/aromatic N) is 2. The van der Waals surface area contributed by atoms with E-state index in [0.717, 1.165) is 35.7 Å². The summed E-state index contributed by atoms with van der Waals surface area (Å²) in [6.45, 7) is 1.09. The molecule has 0 aliphatic carbocycles. The number of rotatable bonds is 2. The van der Waals surface area contributed by atoms with E-state index in [-0.39, 0.29) is 34.4 Å². The van der Waals surface area contributed by atoms with Crippen LogP contribution < -0.4 is 26.5 Å². The highest BCUT2D eigenvalue weighted by molar-refractivity contribution is 5.81. The molecule has 2 aliphatic heterocycles. The first-order valence-corrected chi connectivity index (χ1v) is 6.99. The number of hydrogen-bond donors (Lipinski definition) is 0. The van der Waals surface area contributed by atoms with E-state index in [2.05, 4.69) is 4.58 Å². The number of nitro benzene ring substituents is 1. The second kappa shape index (κ2) is 6.00. The zero-order chi connectivity index (χ0) is 15.1. The van der Waals surface area contributed by atoms with Gasteiger partial charge in [-0.3, -0.25) is 10.1 Å². The van der Waals surface area contributed by atoms with Crippen molar-refractivity contribution < 1.29 is 36.0 Å². The SMILES string of the molecule is O=[N+]([O-])c1ccc([N+]2=Cc3cc4c(cc3CC2)OCO4)cc1.[Br-]. The minimum absolute atomic E-state index is 0. The van der Waals surface area contributed by atoms with Crippen LogP contribution in [0.2, 0.25) is 0 Å². The van der Waals surface area contributed by atoms with Crippen molar-refractivity contribution in [2.75, 3.05) is 13.3 Å². The molecule has 2 heterocycles. The number of hydrogen-bond acceptors (Lipinski definition) is 4. The molecule has 0 amide bonds. The maximum absolute atomic E-state index is 10.7. The van der Waals surface area contributed by atoms with Crippen LogP contribution in [0.5, 0.6) is 11.5 Å². The van der Waals surface area contributed by atoms with Crippen molar-refractivity contribution in [2.45, 2.75) is 6.42 Å². The molecule has 0 aromatic heterocycles. The molecule has 2 aromatic rings. The van der Waals surface area contributed by atoms with Crippen LogP contribution in [-0.2, 0) is 6.42 Å². The minimum atomic E-state index is -0.389. The van der Waals surface area contributed by atoms with Crippen LogP contribution in [0.25, 0.3) is 0 Å². The lowest BCUT2D eigenvalue weighted by atomic mass is 10.0. The Morgan fingerprint density at radius 1 is 1.09 bits per heavy atom. The molecule has 0 atom stereocenters. The van der Waals surface area contributed by atoms with E-state index in [4.69, 9.17) is 9.47 Å². The molecule has 0 fully saturated rings. The summed E-state index contributed by atoms with van der Waals surface area (Å²) in [4.78, 5) is 10.3. The summed E-state index contributed by atoms with van der Waals surface area (Å²) in [6.07, 6.45) is 2.93. The second-order valence-electron chi connectivity index (χ2n) is 5.25. The van der Waals surface area contributed by atoms with E-state index in [9.17, 15) is 10.1 Å². The molecule has 7 heteroatoms. The topological polar surface area (TPSA) is 64.6 Å². The molecule has 0 N–H and O–H groups in total. The van der Waals surface area contributed by atoms with Crippen molar-refractivity contribution in [1.29, 1.82) is 0 Å². The summed E-state index contributed by atoms with van der Waals surface area (Å²) < 4.78 is 12.9. The largest absolute Gasteiger partial charge is 1.00 e. The summed E-state index contributed by atoms with van der Waals surface area (Å²) in [5.74, 6) is 1.57. The van der Waals surface area contributed by atoms with Gasteiger partial charge in [-0.15, -0.1) is 0 Å². The lowest BCUT2D eigenvalue weighted by Crippen LogP contribution is -3.00. The Labute approximate surface area is 142 Å². The van der Waals surface area contributed by atoms with Crippen LogP contribution >= 0.6 is 0 Å². The molecule has 4 rings (SSSR count). The third-order valence-corrected chi connectivity index (χ3v) is 3.94. The normalized spacial score (nSPS) is 14.5. The van der Waals surface area contributed by atoms with Gasteiger partial charge in [-0.05, 0) is 17.7 Å². The van der Waals surface area contributed by atoms with Crippen molar-refractivity contribution in [1.82, 2.24) is 0 Å². The van der Waals surface area contributed by atoms with Gasteiger partial charge in [0, 0.05) is 36.2 Å². The van der Waals surface area contributed by atoms with Gasteiger partial charge >= 0.3 is 0 Å². The van der Waals surface area contributed by atoms with E-state index in [1.54, 1.807) is 12.1 Å². The van der Waals surface area contributed by atoms with Gasteiger partial charge in [-0.2, -0.15) is 4.58 Å². The molecule has 2 aromatic carbocycles. The van der Waals surface area contributed by atoms with Gasteiger partial charge in [-0.1, -0.05) is 0 Å². The fourth-order valence-corrected chi connectivity index (χ4v) is 2.78.